The predicted molar refractivity (Wildman–Crippen MR) is 95.6 cm³/mol. The highest BCUT2D eigenvalue weighted by atomic mass is 35.5. The number of carbonyl (C=O) groups excluding carboxylic acids is 1. The van der Waals surface area contributed by atoms with Crippen LogP contribution >= 0.6 is 22.9 Å². The van der Waals surface area contributed by atoms with E-state index in [2.05, 4.69) is 9.97 Å². The molecule has 0 radical (unpaired) electrons. The van der Waals surface area contributed by atoms with Gasteiger partial charge in [-0.25, -0.2) is 9.78 Å². The van der Waals surface area contributed by atoms with Gasteiger partial charge < -0.3 is 4.74 Å². The molecule has 0 fully saturated rings. The Labute approximate surface area is 148 Å². The molecule has 120 valence electrons. The Kier molecular flexibility index (Phi) is 5.36. The Bertz CT molecular complexity index is 862. The topological polar surface area (TPSA) is 52.1 Å². The van der Waals surface area contributed by atoms with Crippen molar-refractivity contribution in [2.75, 3.05) is 0 Å². The lowest BCUT2D eigenvalue weighted by Gasteiger charge is -1.99. The minimum Gasteiger partial charge on any atom is -0.456 e. The van der Waals surface area contributed by atoms with E-state index in [1.54, 1.807) is 24.4 Å². The Morgan fingerprint density at radius 1 is 1.25 bits per heavy atom. The molecule has 24 heavy (non-hydrogen) atoms. The minimum atomic E-state index is -0.428. The molecule has 2 aromatic heterocycles. The van der Waals surface area contributed by atoms with Crippen LogP contribution in [0.15, 0.2) is 60.1 Å². The molecule has 0 saturated heterocycles. The van der Waals surface area contributed by atoms with Crippen LogP contribution in [0.5, 0.6) is 0 Å². The fourth-order valence-corrected chi connectivity index (χ4v) is 2.93. The zero-order valence-corrected chi connectivity index (χ0v) is 14.1. The van der Waals surface area contributed by atoms with Gasteiger partial charge in [-0.3, -0.25) is 4.98 Å². The van der Waals surface area contributed by atoms with Crippen LogP contribution in [0.1, 0.15) is 11.3 Å². The summed E-state index contributed by atoms with van der Waals surface area (Å²) in [6.45, 7) is 0.127. The minimum absolute atomic E-state index is 0.127. The van der Waals surface area contributed by atoms with Crippen molar-refractivity contribution in [1.29, 1.82) is 0 Å². The van der Waals surface area contributed by atoms with Crippen LogP contribution in [0.3, 0.4) is 0 Å². The van der Waals surface area contributed by atoms with Gasteiger partial charge in [0, 0.05) is 22.7 Å². The summed E-state index contributed by atoms with van der Waals surface area (Å²) in [5.74, 6) is -0.428. The molecule has 0 aliphatic carbocycles. The fraction of sp³-hybridized carbons (Fsp3) is 0.0556. The molecule has 0 unspecified atom stereocenters. The SMILES string of the molecule is O=C(/C=C/c1cccc(Cl)c1)OCc1csc(-c2ccccn2)n1. The van der Waals surface area contributed by atoms with Crippen molar-refractivity contribution >= 4 is 35.0 Å². The molecule has 6 heteroatoms. The second-order valence-electron chi connectivity index (χ2n) is 4.86. The molecule has 2 heterocycles. The highest BCUT2D eigenvalue weighted by Crippen LogP contribution is 2.21. The van der Waals surface area contributed by atoms with E-state index in [-0.39, 0.29) is 6.61 Å². The molecular formula is C18H13ClN2O2S. The van der Waals surface area contributed by atoms with Crippen LogP contribution in [-0.2, 0) is 16.1 Å². The van der Waals surface area contributed by atoms with Gasteiger partial charge in [0.25, 0.3) is 0 Å². The lowest BCUT2D eigenvalue weighted by Crippen LogP contribution is -2.01. The van der Waals surface area contributed by atoms with Crippen molar-refractivity contribution in [3.8, 4) is 10.7 Å². The first kappa shape index (κ1) is 16.4. The van der Waals surface area contributed by atoms with E-state index in [0.29, 0.717) is 10.7 Å². The number of pyridine rings is 1. The summed E-state index contributed by atoms with van der Waals surface area (Å²) in [6.07, 6.45) is 4.75. The first-order chi connectivity index (χ1) is 11.7. The number of thiazole rings is 1. The molecule has 0 saturated carbocycles. The maximum Gasteiger partial charge on any atom is 0.331 e. The summed E-state index contributed by atoms with van der Waals surface area (Å²) >= 11 is 7.36. The normalized spacial score (nSPS) is 10.9. The van der Waals surface area contributed by atoms with Gasteiger partial charge in [0.05, 0.1) is 11.4 Å². The van der Waals surface area contributed by atoms with Gasteiger partial charge in [-0.15, -0.1) is 11.3 Å². The number of benzene rings is 1. The third kappa shape index (κ3) is 4.50. The van der Waals surface area contributed by atoms with E-state index < -0.39 is 5.97 Å². The van der Waals surface area contributed by atoms with E-state index in [4.69, 9.17) is 16.3 Å². The van der Waals surface area contributed by atoms with Crippen molar-refractivity contribution in [3.05, 3.63) is 76.4 Å². The quantitative estimate of drug-likeness (QED) is 0.494. The largest absolute Gasteiger partial charge is 0.456 e. The number of nitrogens with zero attached hydrogens (tertiary/aromatic N) is 2. The first-order valence-corrected chi connectivity index (χ1v) is 8.43. The van der Waals surface area contributed by atoms with Gasteiger partial charge in [0.15, 0.2) is 0 Å². The number of halogens is 1. The average molecular weight is 357 g/mol. The van der Waals surface area contributed by atoms with Crippen molar-refractivity contribution in [2.45, 2.75) is 6.61 Å². The molecule has 0 N–H and O–H groups in total. The van der Waals surface area contributed by atoms with Crippen LogP contribution in [0.2, 0.25) is 5.02 Å². The highest BCUT2D eigenvalue weighted by Gasteiger charge is 2.07. The summed E-state index contributed by atoms with van der Waals surface area (Å²) in [6, 6.07) is 12.9. The smallest absolute Gasteiger partial charge is 0.331 e. The number of hydrogen-bond donors (Lipinski definition) is 0. The highest BCUT2D eigenvalue weighted by molar-refractivity contribution is 7.13. The van der Waals surface area contributed by atoms with Gasteiger partial charge in [-0.05, 0) is 35.9 Å². The van der Waals surface area contributed by atoms with Gasteiger partial charge >= 0.3 is 5.97 Å². The third-order valence-corrected chi connectivity index (χ3v) is 4.21. The molecule has 3 rings (SSSR count). The van der Waals surface area contributed by atoms with Crippen molar-refractivity contribution in [1.82, 2.24) is 9.97 Å². The Morgan fingerprint density at radius 2 is 2.17 bits per heavy atom. The Morgan fingerprint density at radius 3 is 2.96 bits per heavy atom. The molecule has 0 aliphatic rings. The van der Waals surface area contributed by atoms with E-state index in [1.807, 2.05) is 35.7 Å². The van der Waals surface area contributed by atoms with Crippen molar-refractivity contribution in [2.24, 2.45) is 0 Å². The van der Waals surface area contributed by atoms with Crippen LogP contribution in [0.4, 0.5) is 0 Å². The molecule has 0 aliphatic heterocycles. The van der Waals surface area contributed by atoms with E-state index >= 15 is 0 Å². The van der Waals surface area contributed by atoms with Crippen LogP contribution < -0.4 is 0 Å². The summed E-state index contributed by atoms with van der Waals surface area (Å²) in [4.78, 5) is 20.4. The maximum atomic E-state index is 11.8. The molecule has 4 nitrogen and oxygen atoms in total. The summed E-state index contributed by atoms with van der Waals surface area (Å²) in [5.41, 5.74) is 2.34. The number of carbonyl (C=O) groups is 1. The molecular weight excluding hydrogens is 344 g/mol. The average Bonchev–Trinajstić information content (AvgIpc) is 3.08. The van der Waals surface area contributed by atoms with Gasteiger partial charge in [0.2, 0.25) is 0 Å². The fourth-order valence-electron chi connectivity index (χ4n) is 1.95. The standard InChI is InChI=1S/C18H13ClN2O2S/c19-14-5-3-4-13(10-14)7-8-17(22)23-11-15-12-24-18(21-15)16-6-1-2-9-20-16/h1-10,12H,11H2/b8-7+. The van der Waals surface area contributed by atoms with Crippen molar-refractivity contribution in [3.63, 3.8) is 0 Å². The van der Waals surface area contributed by atoms with E-state index in [1.165, 1.54) is 17.4 Å². The second-order valence-corrected chi connectivity index (χ2v) is 6.15. The van der Waals surface area contributed by atoms with E-state index in [9.17, 15) is 4.79 Å². The second kappa shape index (κ2) is 7.86. The number of esters is 1. The number of hydrogen-bond acceptors (Lipinski definition) is 5. The Hall–Kier alpha value is -2.50. The Balaban J connectivity index is 1.56. The van der Waals surface area contributed by atoms with Gasteiger partial charge in [-0.1, -0.05) is 29.8 Å². The van der Waals surface area contributed by atoms with Crippen LogP contribution in [-0.4, -0.2) is 15.9 Å². The molecule has 0 amide bonds. The first-order valence-electron chi connectivity index (χ1n) is 7.17. The lowest BCUT2D eigenvalue weighted by molar-refractivity contribution is -0.139. The monoisotopic (exact) mass is 356 g/mol. The van der Waals surface area contributed by atoms with Gasteiger partial charge in [0.1, 0.15) is 11.6 Å². The summed E-state index contributed by atoms with van der Waals surface area (Å²) < 4.78 is 5.19. The maximum absolute atomic E-state index is 11.8. The molecule has 1 aromatic carbocycles. The van der Waals surface area contributed by atoms with E-state index in [0.717, 1.165) is 16.3 Å². The van der Waals surface area contributed by atoms with Crippen molar-refractivity contribution < 1.29 is 9.53 Å². The predicted octanol–water partition coefficient (Wildman–Crippen LogP) is 4.62. The number of ether oxygens (including phenoxy) is 1. The zero-order valence-electron chi connectivity index (χ0n) is 12.6. The summed E-state index contributed by atoms with van der Waals surface area (Å²) in [5, 5.41) is 3.28. The number of aromatic nitrogens is 2. The zero-order chi connectivity index (χ0) is 16.8. The molecule has 3 aromatic rings. The van der Waals surface area contributed by atoms with Crippen LogP contribution in [0.25, 0.3) is 16.8 Å². The number of rotatable bonds is 5. The lowest BCUT2D eigenvalue weighted by atomic mass is 10.2. The summed E-state index contributed by atoms with van der Waals surface area (Å²) in [7, 11) is 0. The third-order valence-electron chi connectivity index (χ3n) is 3.06. The molecule has 0 bridgehead atoms. The van der Waals surface area contributed by atoms with Crippen LogP contribution in [0, 0.1) is 0 Å². The van der Waals surface area contributed by atoms with Gasteiger partial charge in [-0.2, -0.15) is 0 Å². The molecule has 0 spiro atoms. The molecule has 0 atom stereocenters.